The van der Waals surface area contributed by atoms with Gasteiger partial charge in [-0.1, -0.05) is 19.1 Å². The molecular weight excluding hydrogens is 188 g/mol. The van der Waals surface area contributed by atoms with Gasteiger partial charge in [0, 0.05) is 4.70 Å². The summed E-state index contributed by atoms with van der Waals surface area (Å²) in [6, 6.07) is 6.93. The van der Waals surface area contributed by atoms with Crippen molar-refractivity contribution in [1.82, 2.24) is 0 Å². The van der Waals surface area contributed by atoms with E-state index in [1.54, 1.807) is 5.56 Å². The van der Waals surface area contributed by atoms with Gasteiger partial charge in [0.25, 0.3) is 0 Å². The van der Waals surface area contributed by atoms with Gasteiger partial charge in [-0.2, -0.15) is 0 Å². The second-order valence-corrected chi connectivity index (χ2v) is 5.06. The van der Waals surface area contributed by atoms with Crippen LogP contribution in [0.25, 0.3) is 10.1 Å². The van der Waals surface area contributed by atoms with Crippen LogP contribution in [0.5, 0.6) is 0 Å². The zero-order valence-corrected chi connectivity index (χ0v) is 9.23. The van der Waals surface area contributed by atoms with Crippen molar-refractivity contribution in [2.75, 3.05) is 0 Å². The normalized spacial score (nSPS) is 16.4. The Hall–Kier alpha value is -0.820. The van der Waals surface area contributed by atoms with Crippen molar-refractivity contribution in [1.29, 1.82) is 0 Å². The van der Waals surface area contributed by atoms with Crippen molar-refractivity contribution >= 4 is 21.4 Å². The van der Waals surface area contributed by atoms with E-state index in [1.807, 2.05) is 11.3 Å². The topological polar surface area (TPSA) is 0 Å². The lowest BCUT2D eigenvalue weighted by molar-refractivity contribution is 1.14. The number of hydrogen-bond donors (Lipinski definition) is 0. The standard InChI is InChI=1S/C13H14S/c1-2-9-3-6-13-11(7-9)12(8-14-13)10-4-5-10/h3,6-8,10H,2,4-5H2,1H3. The van der Waals surface area contributed by atoms with Gasteiger partial charge in [0.05, 0.1) is 0 Å². The van der Waals surface area contributed by atoms with Gasteiger partial charge in [-0.3, -0.25) is 0 Å². The molecule has 1 fully saturated rings. The maximum Gasteiger partial charge on any atom is 0.0345 e. The van der Waals surface area contributed by atoms with Crippen LogP contribution in [0.4, 0.5) is 0 Å². The van der Waals surface area contributed by atoms with Gasteiger partial charge in [-0.15, -0.1) is 11.3 Å². The van der Waals surface area contributed by atoms with Crippen LogP contribution in [-0.2, 0) is 6.42 Å². The third-order valence-electron chi connectivity index (χ3n) is 3.09. The van der Waals surface area contributed by atoms with Crippen LogP contribution in [0.15, 0.2) is 23.6 Å². The molecule has 0 aliphatic heterocycles. The van der Waals surface area contributed by atoms with E-state index in [2.05, 4.69) is 30.5 Å². The summed E-state index contributed by atoms with van der Waals surface area (Å²) >= 11 is 1.90. The molecule has 1 aromatic heterocycles. The molecule has 3 rings (SSSR count). The van der Waals surface area contributed by atoms with Gasteiger partial charge in [0.2, 0.25) is 0 Å². The molecule has 0 unspecified atom stereocenters. The molecule has 0 N–H and O–H groups in total. The van der Waals surface area contributed by atoms with Crippen molar-refractivity contribution in [2.24, 2.45) is 0 Å². The van der Waals surface area contributed by atoms with E-state index in [9.17, 15) is 0 Å². The molecule has 1 aliphatic carbocycles. The highest BCUT2D eigenvalue weighted by Crippen LogP contribution is 2.45. The Balaban J connectivity index is 2.20. The van der Waals surface area contributed by atoms with Gasteiger partial charge in [0.15, 0.2) is 0 Å². The molecule has 1 aromatic carbocycles. The largest absolute Gasteiger partial charge is 0.144 e. The zero-order valence-electron chi connectivity index (χ0n) is 8.42. The Morgan fingerprint density at radius 2 is 2.21 bits per heavy atom. The maximum atomic E-state index is 2.39. The Kier molecular flexibility index (Phi) is 1.88. The van der Waals surface area contributed by atoms with Crippen LogP contribution < -0.4 is 0 Å². The van der Waals surface area contributed by atoms with Gasteiger partial charge in [-0.25, -0.2) is 0 Å². The average molecular weight is 202 g/mol. The SMILES string of the molecule is CCc1ccc2scc(C3CC3)c2c1. The Morgan fingerprint density at radius 1 is 1.36 bits per heavy atom. The molecule has 1 heteroatoms. The summed E-state index contributed by atoms with van der Waals surface area (Å²) < 4.78 is 1.46. The first-order valence-corrected chi connectivity index (χ1v) is 6.26. The predicted molar refractivity (Wildman–Crippen MR) is 63.2 cm³/mol. The lowest BCUT2D eigenvalue weighted by Gasteiger charge is -1.99. The average Bonchev–Trinajstić information content (AvgIpc) is 2.98. The van der Waals surface area contributed by atoms with E-state index >= 15 is 0 Å². The summed E-state index contributed by atoms with van der Waals surface area (Å²) in [5.41, 5.74) is 3.08. The molecule has 0 amide bonds. The second kappa shape index (κ2) is 3.09. The van der Waals surface area contributed by atoms with Crippen LogP contribution in [-0.4, -0.2) is 0 Å². The summed E-state index contributed by atoms with van der Waals surface area (Å²) in [6.07, 6.45) is 3.96. The van der Waals surface area contributed by atoms with Crippen molar-refractivity contribution < 1.29 is 0 Å². The summed E-state index contributed by atoms with van der Waals surface area (Å²) in [4.78, 5) is 0. The van der Waals surface area contributed by atoms with Crippen molar-refractivity contribution in [3.05, 3.63) is 34.7 Å². The first-order valence-electron chi connectivity index (χ1n) is 5.38. The van der Waals surface area contributed by atoms with Gasteiger partial charge >= 0.3 is 0 Å². The van der Waals surface area contributed by atoms with Gasteiger partial charge < -0.3 is 0 Å². The minimum atomic E-state index is 0.885. The third-order valence-corrected chi connectivity index (χ3v) is 4.07. The predicted octanol–water partition coefficient (Wildman–Crippen LogP) is 4.34. The molecule has 14 heavy (non-hydrogen) atoms. The highest BCUT2D eigenvalue weighted by atomic mass is 32.1. The molecule has 1 heterocycles. The quantitative estimate of drug-likeness (QED) is 0.679. The summed E-state index contributed by atoms with van der Waals surface area (Å²) in [6.45, 7) is 2.23. The number of aryl methyl sites for hydroxylation is 1. The van der Waals surface area contributed by atoms with E-state index < -0.39 is 0 Å². The lowest BCUT2D eigenvalue weighted by Crippen LogP contribution is -1.80. The summed E-state index contributed by atoms with van der Waals surface area (Å²) in [5, 5.41) is 3.89. The van der Waals surface area contributed by atoms with Crippen LogP contribution in [0.1, 0.15) is 36.8 Å². The molecule has 0 nitrogen and oxygen atoms in total. The molecule has 72 valence electrons. The van der Waals surface area contributed by atoms with Crippen molar-refractivity contribution in [3.8, 4) is 0 Å². The second-order valence-electron chi connectivity index (χ2n) is 4.15. The fraction of sp³-hybridized carbons (Fsp3) is 0.385. The lowest BCUT2D eigenvalue weighted by atomic mass is 10.1. The summed E-state index contributed by atoms with van der Waals surface area (Å²) in [7, 11) is 0. The minimum Gasteiger partial charge on any atom is -0.144 e. The molecule has 1 saturated carbocycles. The third kappa shape index (κ3) is 1.27. The Labute approximate surface area is 88.6 Å². The van der Waals surface area contributed by atoms with Crippen LogP contribution >= 0.6 is 11.3 Å². The highest BCUT2D eigenvalue weighted by Gasteiger charge is 2.25. The van der Waals surface area contributed by atoms with E-state index in [-0.39, 0.29) is 0 Å². The molecule has 1 aliphatic rings. The molecule has 0 saturated heterocycles. The first kappa shape index (κ1) is 8.49. The highest BCUT2D eigenvalue weighted by molar-refractivity contribution is 7.17. The Bertz CT molecular complexity index is 463. The number of fused-ring (bicyclic) bond motifs is 1. The monoisotopic (exact) mass is 202 g/mol. The summed E-state index contributed by atoms with van der Waals surface area (Å²) in [5.74, 6) is 0.885. The molecule has 0 spiro atoms. The van der Waals surface area contributed by atoms with Crippen molar-refractivity contribution in [2.45, 2.75) is 32.1 Å². The zero-order chi connectivity index (χ0) is 9.54. The van der Waals surface area contributed by atoms with Crippen LogP contribution in [0.3, 0.4) is 0 Å². The minimum absolute atomic E-state index is 0.885. The Morgan fingerprint density at radius 3 is 2.93 bits per heavy atom. The van der Waals surface area contributed by atoms with Gasteiger partial charge in [0.1, 0.15) is 0 Å². The fourth-order valence-electron chi connectivity index (χ4n) is 2.03. The van der Waals surface area contributed by atoms with E-state index in [0.29, 0.717) is 0 Å². The molecule has 0 atom stereocenters. The number of rotatable bonds is 2. The van der Waals surface area contributed by atoms with Crippen LogP contribution in [0.2, 0.25) is 0 Å². The molecule has 0 bridgehead atoms. The molecular formula is C13H14S. The van der Waals surface area contributed by atoms with Gasteiger partial charge in [-0.05, 0) is 53.1 Å². The van der Waals surface area contributed by atoms with E-state index in [1.165, 1.54) is 28.5 Å². The van der Waals surface area contributed by atoms with Crippen molar-refractivity contribution in [3.63, 3.8) is 0 Å². The molecule has 2 aromatic rings. The number of thiophene rings is 1. The van der Waals surface area contributed by atoms with E-state index in [0.717, 1.165) is 12.3 Å². The number of hydrogen-bond acceptors (Lipinski definition) is 1. The number of benzene rings is 1. The first-order chi connectivity index (χ1) is 6.88. The molecule has 0 radical (unpaired) electrons. The maximum absolute atomic E-state index is 2.39. The fourth-order valence-corrected chi connectivity index (χ4v) is 3.05. The van der Waals surface area contributed by atoms with Crippen LogP contribution in [0, 0.1) is 0 Å². The smallest absolute Gasteiger partial charge is 0.0345 e. The van der Waals surface area contributed by atoms with E-state index in [4.69, 9.17) is 0 Å².